The Morgan fingerprint density at radius 3 is 2.46 bits per heavy atom. The highest BCUT2D eigenvalue weighted by molar-refractivity contribution is 7.14. The van der Waals surface area contributed by atoms with Crippen LogP contribution in [0.25, 0.3) is 50.6 Å². The minimum Gasteiger partial charge on any atom is -0.422 e. The minimum atomic E-state index is -0.416. The molecule has 194 valence electrons. The van der Waals surface area contributed by atoms with Crippen LogP contribution < -0.4 is 5.63 Å². The third-order valence-corrected chi connectivity index (χ3v) is 7.27. The van der Waals surface area contributed by atoms with E-state index in [9.17, 15) is 9.59 Å². The normalized spacial score (nSPS) is 10.9. The summed E-state index contributed by atoms with van der Waals surface area (Å²) in [6, 6.07) is 23.2. The second-order valence-electron chi connectivity index (χ2n) is 8.65. The van der Waals surface area contributed by atoms with Crippen molar-refractivity contribution >= 4 is 52.2 Å². The maximum atomic E-state index is 12.9. The van der Waals surface area contributed by atoms with E-state index in [2.05, 4.69) is 11.4 Å². The predicted molar refractivity (Wildman–Crippen MR) is 159 cm³/mol. The average Bonchev–Trinajstić information content (AvgIpc) is 3.73. The second-order valence-corrected chi connectivity index (χ2v) is 10.5. The lowest BCUT2D eigenvalue weighted by molar-refractivity contribution is -0.115. The lowest BCUT2D eigenvalue weighted by atomic mass is 10.1. The molecule has 4 aromatic heterocycles. The molecule has 0 aliphatic carbocycles. The Balaban J connectivity index is 0.000000567. The van der Waals surface area contributed by atoms with E-state index in [4.69, 9.17) is 14.5 Å². The summed E-state index contributed by atoms with van der Waals surface area (Å²) in [6.07, 6.45) is 6.58. The van der Waals surface area contributed by atoms with Crippen molar-refractivity contribution in [3.63, 3.8) is 0 Å². The van der Waals surface area contributed by atoms with E-state index in [0.717, 1.165) is 38.6 Å². The van der Waals surface area contributed by atoms with Crippen LogP contribution in [0.1, 0.15) is 10.6 Å². The van der Waals surface area contributed by atoms with E-state index < -0.39 is 5.63 Å². The number of thiophene rings is 1. The van der Waals surface area contributed by atoms with Gasteiger partial charge in [-0.05, 0) is 47.9 Å². The summed E-state index contributed by atoms with van der Waals surface area (Å²) in [6.45, 7) is 0. The molecule has 7 nitrogen and oxygen atoms in total. The molecule has 6 rings (SSSR count). The van der Waals surface area contributed by atoms with Crippen molar-refractivity contribution in [1.82, 2.24) is 19.7 Å². The SMILES string of the molecule is CN(C)C=O.O=c1oc2ccccc2cc1-c1nn(-c2ccccc2)cc1/C=C/c1nc(-c2cccs2)cs1. The van der Waals surface area contributed by atoms with Gasteiger partial charge in [-0.15, -0.1) is 22.7 Å². The molecule has 39 heavy (non-hydrogen) atoms. The van der Waals surface area contributed by atoms with E-state index in [0.29, 0.717) is 16.8 Å². The van der Waals surface area contributed by atoms with Crippen LogP contribution in [-0.2, 0) is 4.79 Å². The number of fused-ring (bicyclic) bond motifs is 1. The number of benzene rings is 2. The summed E-state index contributed by atoms with van der Waals surface area (Å²) in [5, 5.41) is 10.6. The zero-order valence-corrected chi connectivity index (χ0v) is 22.9. The largest absolute Gasteiger partial charge is 0.422 e. The first-order valence-electron chi connectivity index (χ1n) is 12.0. The average molecular weight is 553 g/mol. The van der Waals surface area contributed by atoms with Gasteiger partial charge in [-0.2, -0.15) is 5.10 Å². The first-order valence-corrected chi connectivity index (χ1v) is 13.8. The first-order chi connectivity index (χ1) is 19.0. The molecule has 6 aromatic rings. The highest BCUT2D eigenvalue weighted by Crippen LogP contribution is 2.29. The van der Waals surface area contributed by atoms with Gasteiger partial charge < -0.3 is 9.32 Å². The number of amides is 1. The quantitative estimate of drug-likeness (QED) is 0.170. The number of hydrogen-bond donors (Lipinski definition) is 0. The molecule has 0 saturated carbocycles. The molecular weight excluding hydrogens is 528 g/mol. The number of nitrogens with zero attached hydrogens (tertiary/aromatic N) is 4. The number of hydrogen-bond acceptors (Lipinski definition) is 7. The van der Waals surface area contributed by atoms with Crippen LogP contribution in [0.2, 0.25) is 0 Å². The summed E-state index contributed by atoms with van der Waals surface area (Å²) in [4.78, 5) is 29.6. The minimum absolute atomic E-state index is 0.416. The van der Waals surface area contributed by atoms with Gasteiger partial charge in [0.05, 0.1) is 21.8 Å². The van der Waals surface area contributed by atoms with Gasteiger partial charge in [0.1, 0.15) is 16.3 Å². The third kappa shape index (κ3) is 6.11. The van der Waals surface area contributed by atoms with Gasteiger partial charge in [-0.25, -0.2) is 14.5 Å². The topological polar surface area (TPSA) is 81.2 Å². The molecule has 0 aliphatic heterocycles. The van der Waals surface area contributed by atoms with Crippen LogP contribution in [0.5, 0.6) is 0 Å². The Bertz CT molecular complexity index is 1780. The Hall–Kier alpha value is -4.60. The molecule has 0 bridgehead atoms. The maximum Gasteiger partial charge on any atom is 0.345 e. The Labute approximate surface area is 232 Å². The Morgan fingerprint density at radius 2 is 1.72 bits per heavy atom. The molecule has 0 N–H and O–H groups in total. The number of rotatable bonds is 6. The van der Waals surface area contributed by atoms with Crippen LogP contribution >= 0.6 is 22.7 Å². The standard InChI is InChI=1S/C27H17N3O2S2.C3H7NO/c31-27-21(15-18-7-4-5-10-23(18)32-27)26-19(16-30(29-26)20-8-2-1-3-9-20)12-13-25-28-22(17-34-25)24-11-6-14-33-24;1-4(2)3-5/h1-17H;3H,1-2H3/b13-12+;. The smallest absolute Gasteiger partial charge is 0.345 e. The molecule has 0 radical (unpaired) electrons. The van der Waals surface area contributed by atoms with Crippen molar-refractivity contribution in [2.45, 2.75) is 0 Å². The van der Waals surface area contributed by atoms with Crippen molar-refractivity contribution in [2.24, 2.45) is 0 Å². The van der Waals surface area contributed by atoms with Crippen LogP contribution in [-0.4, -0.2) is 40.2 Å². The summed E-state index contributed by atoms with van der Waals surface area (Å²) in [7, 11) is 3.38. The number of para-hydroxylation sites is 2. The van der Waals surface area contributed by atoms with Crippen molar-refractivity contribution in [2.75, 3.05) is 14.1 Å². The van der Waals surface area contributed by atoms with E-state index in [1.54, 1.807) is 47.5 Å². The van der Waals surface area contributed by atoms with Gasteiger partial charge >= 0.3 is 5.63 Å². The molecule has 0 unspecified atom stereocenters. The number of thiazole rings is 1. The molecule has 0 atom stereocenters. The summed E-state index contributed by atoms with van der Waals surface area (Å²) in [5.41, 5.74) is 3.80. The molecular formula is C30H24N4O3S2. The van der Waals surface area contributed by atoms with E-state index in [-0.39, 0.29) is 0 Å². The van der Waals surface area contributed by atoms with Crippen molar-refractivity contribution in [3.8, 4) is 27.5 Å². The zero-order chi connectivity index (χ0) is 27.2. The summed E-state index contributed by atoms with van der Waals surface area (Å²) < 4.78 is 7.37. The van der Waals surface area contributed by atoms with Gasteiger partial charge in [-0.3, -0.25) is 4.79 Å². The van der Waals surface area contributed by atoms with Crippen LogP contribution in [0.4, 0.5) is 0 Å². The summed E-state index contributed by atoms with van der Waals surface area (Å²) in [5.74, 6) is 0. The van der Waals surface area contributed by atoms with Crippen LogP contribution in [0.3, 0.4) is 0 Å². The van der Waals surface area contributed by atoms with Gasteiger partial charge in [-0.1, -0.05) is 42.5 Å². The number of carbonyl (C=O) groups excluding carboxylic acids is 1. The van der Waals surface area contributed by atoms with Crippen molar-refractivity contribution < 1.29 is 9.21 Å². The zero-order valence-electron chi connectivity index (χ0n) is 21.2. The van der Waals surface area contributed by atoms with Gasteiger partial charge in [0, 0.05) is 36.6 Å². The lowest BCUT2D eigenvalue weighted by Gasteiger charge is -2.01. The van der Waals surface area contributed by atoms with Crippen LogP contribution in [0.15, 0.2) is 99.0 Å². The number of aromatic nitrogens is 3. The van der Waals surface area contributed by atoms with E-state index in [1.165, 1.54) is 4.90 Å². The first kappa shape index (κ1) is 26.0. The third-order valence-electron chi connectivity index (χ3n) is 5.57. The van der Waals surface area contributed by atoms with Gasteiger partial charge in [0.15, 0.2) is 0 Å². The fourth-order valence-electron chi connectivity index (χ4n) is 3.72. The molecule has 0 spiro atoms. The Kier molecular flexibility index (Phi) is 7.91. The van der Waals surface area contributed by atoms with Crippen LogP contribution in [0, 0.1) is 0 Å². The molecule has 4 heterocycles. The van der Waals surface area contributed by atoms with Crippen molar-refractivity contribution in [3.05, 3.63) is 111 Å². The predicted octanol–water partition coefficient (Wildman–Crippen LogP) is 6.71. The second kappa shape index (κ2) is 11.8. The van der Waals surface area contributed by atoms with Crippen molar-refractivity contribution in [1.29, 1.82) is 0 Å². The maximum absolute atomic E-state index is 12.9. The number of carbonyl (C=O) groups is 1. The van der Waals surface area contributed by atoms with E-state index in [1.807, 2.05) is 84.4 Å². The Morgan fingerprint density at radius 1 is 0.949 bits per heavy atom. The molecule has 2 aromatic carbocycles. The molecule has 0 fully saturated rings. The van der Waals surface area contributed by atoms with Gasteiger partial charge in [0.2, 0.25) is 6.41 Å². The summed E-state index contributed by atoms with van der Waals surface area (Å²) >= 11 is 3.25. The molecule has 1 amide bonds. The molecule has 0 aliphatic rings. The monoisotopic (exact) mass is 552 g/mol. The highest BCUT2D eigenvalue weighted by atomic mass is 32.1. The fraction of sp³-hybridized carbons (Fsp3) is 0.0667. The highest BCUT2D eigenvalue weighted by Gasteiger charge is 2.16. The molecule has 9 heteroatoms. The molecule has 0 saturated heterocycles. The lowest BCUT2D eigenvalue weighted by Crippen LogP contribution is -2.06. The van der Waals surface area contributed by atoms with Gasteiger partial charge in [0.25, 0.3) is 0 Å². The van der Waals surface area contributed by atoms with E-state index >= 15 is 0 Å². The fourth-order valence-corrected chi connectivity index (χ4v) is 5.19.